The standard InChI is InChI=1S/C41H51FN6O14/c1-5-41(58)21-8-26-32-19(10-48(26)38(56)20(21)12-61-40(41)57)30-23(7-6-18-17(4)22(42)9-24(46-32)29(18)30)45-28(50)14-59-15-44-36(54)25(47-37(55)31(43)16(2)3)13-60-39-35(53)34(52)33(51)27(11-49)62-39/h8-9,16,23,25,27,31,33-35,39,49,51-53,58H,5-7,10-15,43H2,1-4H3,(H,44,54)(H,45,50)(H,47,55)/t23-,25-,27+,31-,33-,34-,35+,39+,41-/m0/s1. The first-order valence-electron chi connectivity index (χ1n) is 20.4. The molecule has 20 nitrogen and oxygen atoms in total. The van der Waals surface area contributed by atoms with E-state index in [1.807, 2.05) is 0 Å². The van der Waals surface area contributed by atoms with Gasteiger partial charge in [0.1, 0.15) is 56.2 Å². The molecular weight excluding hydrogens is 819 g/mol. The van der Waals surface area contributed by atoms with Crippen LogP contribution in [0.15, 0.2) is 16.9 Å². The highest BCUT2D eigenvalue weighted by atomic mass is 19.1. The highest BCUT2D eigenvalue weighted by molar-refractivity contribution is 5.94. The van der Waals surface area contributed by atoms with E-state index in [0.717, 1.165) is 0 Å². The average Bonchev–Trinajstić information content (AvgIpc) is 3.62. The number of cyclic esters (lactones) is 1. The second kappa shape index (κ2) is 17.7. The number of nitrogens with two attached hydrogens (primary N) is 1. The molecule has 10 N–H and O–H groups in total. The van der Waals surface area contributed by atoms with Gasteiger partial charge in [-0.05, 0) is 54.9 Å². The summed E-state index contributed by atoms with van der Waals surface area (Å²) in [5, 5.41) is 60.0. The maximum absolute atomic E-state index is 15.3. The largest absolute Gasteiger partial charge is 0.458 e. The fraction of sp³-hybridized carbons (Fsp3) is 0.561. The first-order valence-corrected chi connectivity index (χ1v) is 20.4. The van der Waals surface area contributed by atoms with Gasteiger partial charge in [0, 0.05) is 22.6 Å². The topological polar surface area (TPSA) is 303 Å². The van der Waals surface area contributed by atoms with Crippen LogP contribution >= 0.6 is 0 Å². The SMILES string of the molecule is CC[C@@]1(O)C(=O)OCc2c1cc1n(c2=O)Cc2c-1nc1cc(F)c(C)c3c1c2[C@@H](NC(=O)COCNC(=O)[C@H](CO[C@@H]1O[C@H](CO)[C@H](O)[C@H](O)[C@H]1O)NC(=O)[C@@H](N)C(C)C)CC3. The number of ether oxygens (including phenoxy) is 4. The number of amides is 3. The van der Waals surface area contributed by atoms with Crippen molar-refractivity contribution >= 4 is 34.6 Å². The van der Waals surface area contributed by atoms with E-state index in [-0.39, 0.29) is 36.6 Å². The molecule has 21 heteroatoms. The predicted octanol–water partition coefficient (Wildman–Crippen LogP) is -1.99. The number of nitrogens with zero attached hydrogens (tertiary/aromatic N) is 2. The van der Waals surface area contributed by atoms with Gasteiger partial charge in [-0.25, -0.2) is 14.2 Å². The Balaban J connectivity index is 1.07. The van der Waals surface area contributed by atoms with E-state index >= 15 is 4.39 Å². The van der Waals surface area contributed by atoms with Crippen molar-refractivity contribution in [1.29, 1.82) is 0 Å². The summed E-state index contributed by atoms with van der Waals surface area (Å²) in [5.41, 5.74) is 7.02. The Morgan fingerprint density at radius 1 is 1.10 bits per heavy atom. The number of hydrogen-bond donors (Lipinski definition) is 9. The lowest BCUT2D eigenvalue weighted by atomic mass is 9.81. The molecule has 3 amide bonds. The second-order valence-corrected chi connectivity index (χ2v) is 16.4. The number of benzene rings is 1. The number of aromatic nitrogens is 2. The summed E-state index contributed by atoms with van der Waals surface area (Å²) in [5.74, 6) is -3.80. The van der Waals surface area contributed by atoms with Crippen LogP contribution in [0.2, 0.25) is 0 Å². The quantitative estimate of drug-likeness (QED) is 0.0376. The van der Waals surface area contributed by atoms with Gasteiger partial charge in [-0.15, -0.1) is 0 Å². The highest BCUT2D eigenvalue weighted by Gasteiger charge is 2.47. The number of carbonyl (C=O) groups is 4. The summed E-state index contributed by atoms with van der Waals surface area (Å²) in [6.07, 6.45) is -7.37. The van der Waals surface area contributed by atoms with E-state index in [9.17, 15) is 49.5 Å². The molecule has 1 saturated heterocycles. The molecule has 3 aliphatic heterocycles. The molecule has 0 bridgehead atoms. The van der Waals surface area contributed by atoms with Gasteiger partial charge in [-0.3, -0.25) is 19.2 Å². The second-order valence-electron chi connectivity index (χ2n) is 16.4. The molecule has 1 aliphatic carbocycles. The van der Waals surface area contributed by atoms with Crippen molar-refractivity contribution in [1.82, 2.24) is 25.5 Å². The molecular formula is C41H51FN6O14. The number of rotatable bonds is 14. The Morgan fingerprint density at radius 3 is 2.53 bits per heavy atom. The van der Waals surface area contributed by atoms with E-state index in [1.54, 1.807) is 33.8 Å². The number of carbonyl (C=O) groups excluding carboxylic acids is 4. The van der Waals surface area contributed by atoms with Crippen LogP contribution in [0.1, 0.15) is 73.0 Å². The summed E-state index contributed by atoms with van der Waals surface area (Å²) in [4.78, 5) is 71.1. The van der Waals surface area contributed by atoms with Gasteiger partial charge in [0.05, 0.1) is 54.3 Å². The monoisotopic (exact) mass is 870 g/mol. The summed E-state index contributed by atoms with van der Waals surface area (Å²) in [6, 6.07) is -0.267. The summed E-state index contributed by atoms with van der Waals surface area (Å²) in [7, 11) is 0. The molecule has 3 aromatic rings. The smallest absolute Gasteiger partial charge is 0.343 e. The highest BCUT2D eigenvalue weighted by Crippen LogP contribution is 2.46. The van der Waals surface area contributed by atoms with Crippen molar-refractivity contribution in [3.8, 4) is 11.4 Å². The zero-order valence-corrected chi connectivity index (χ0v) is 34.5. The van der Waals surface area contributed by atoms with Crippen LogP contribution in [0.5, 0.6) is 0 Å². The van der Waals surface area contributed by atoms with Gasteiger partial charge < -0.3 is 70.7 Å². The maximum atomic E-state index is 15.3. The molecule has 1 aromatic carbocycles. The molecule has 336 valence electrons. The normalized spacial score (nSPS) is 26.0. The Hall–Kier alpha value is -4.97. The number of aryl methyl sites for hydroxylation is 1. The van der Waals surface area contributed by atoms with E-state index < -0.39 is 116 Å². The van der Waals surface area contributed by atoms with Crippen molar-refractivity contribution in [2.75, 3.05) is 26.6 Å². The van der Waals surface area contributed by atoms with E-state index in [1.165, 1.54) is 10.6 Å². The summed E-state index contributed by atoms with van der Waals surface area (Å²) >= 11 is 0. The van der Waals surface area contributed by atoms with Crippen LogP contribution in [0, 0.1) is 18.7 Å². The van der Waals surface area contributed by atoms with Gasteiger partial charge in [-0.2, -0.15) is 0 Å². The van der Waals surface area contributed by atoms with Gasteiger partial charge in [0.15, 0.2) is 11.9 Å². The van der Waals surface area contributed by atoms with Gasteiger partial charge in [0.25, 0.3) is 5.56 Å². The lowest BCUT2D eigenvalue weighted by molar-refractivity contribution is -0.301. The van der Waals surface area contributed by atoms with Crippen molar-refractivity contribution in [2.45, 2.75) is 115 Å². The molecule has 7 rings (SSSR count). The number of fused-ring (bicyclic) bond motifs is 5. The number of nitrogens with one attached hydrogen (secondary N) is 3. The van der Waals surface area contributed by atoms with Crippen LogP contribution in [0.4, 0.5) is 4.39 Å². The fourth-order valence-corrected chi connectivity index (χ4v) is 8.47. The molecule has 62 heavy (non-hydrogen) atoms. The van der Waals surface area contributed by atoms with Gasteiger partial charge >= 0.3 is 5.97 Å². The Kier molecular flexibility index (Phi) is 12.8. The van der Waals surface area contributed by atoms with Gasteiger partial charge in [-0.1, -0.05) is 20.8 Å². The Morgan fingerprint density at radius 2 is 1.84 bits per heavy atom. The third-order valence-electron chi connectivity index (χ3n) is 12.2. The molecule has 0 radical (unpaired) electrons. The molecule has 0 saturated carbocycles. The maximum Gasteiger partial charge on any atom is 0.343 e. The number of hydrogen-bond acceptors (Lipinski definition) is 16. The minimum Gasteiger partial charge on any atom is -0.458 e. The zero-order chi connectivity index (χ0) is 44.9. The summed E-state index contributed by atoms with van der Waals surface area (Å²) < 4.78 is 38.3. The molecule has 4 aliphatic rings. The minimum atomic E-state index is -2.06. The number of halogens is 1. The number of pyridine rings is 2. The number of aliphatic hydroxyl groups is 5. The molecule has 2 aromatic heterocycles. The predicted molar refractivity (Wildman–Crippen MR) is 212 cm³/mol. The first kappa shape index (κ1) is 45.1. The van der Waals surface area contributed by atoms with E-state index in [4.69, 9.17) is 29.7 Å². The average molecular weight is 871 g/mol. The third-order valence-corrected chi connectivity index (χ3v) is 12.2. The first-order chi connectivity index (χ1) is 29.4. The number of aliphatic hydroxyl groups excluding tert-OH is 4. The third kappa shape index (κ3) is 7.96. The van der Waals surface area contributed by atoms with Crippen molar-refractivity contribution in [2.24, 2.45) is 11.7 Å². The number of esters is 1. The lowest BCUT2D eigenvalue weighted by Gasteiger charge is -2.40. The van der Waals surface area contributed by atoms with Crippen molar-refractivity contribution in [3.05, 3.63) is 61.7 Å². The van der Waals surface area contributed by atoms with Crippen molar-refractivity contribution in [3.63, 3.8) is 0 Å². The molecule has 0 spiro atoms. The Labute approximate surface area is 353 Å². The summed E-state index contributed by atoms with van der Waals surface area (Å²) in [6.45, 7) is 3.96. The van der Waals surface area contributed by atoms with Crippen LogP contribution < -0.4 is 27.2 Å². The van der Waals surface area contributed by atoms with Crippen molar-refractivity contribution < 1.29 is 68.0 Å². The molecule has 1 fully saturated rings. The molecule has 0 unspecified atom stereocenters. The van der Waals surface area contributed by atoms with Crippen LogP contribution in [-0.2, 0) is 63.3 Å². The lowest BCUT2D eigenvalue weighted by Crippen LogP contribution is -2.60. The van der Waals surface area contributed by atoms with E-state index in [0.29, 0.717) is 57.4 Å². The fourth-order valence-electron chi connectivity index (χ4n) is 8.47. The van der Waals surface area contributed by atoms with Gasteiger partial charge in [0.2, 0.25) is 17.7 Å². The minimum absolute atomic E-state index is 0.0399. The van der Waals surface area contributed by atoms with Crippen LogP contribution in [0.25, 0.3) is 22.3 Å². The van der Waals surface area contributed by atoms with Crippen LogP contribution in [0.3, 0.4) is 0 Å². The van der Waals surface area contributed by atoms with E-state index in [2.05, 4.69) is 16.0 Å². The van der Waals surface area contributed by atoms with Crippen LogP contribution in [-0.4, -0.2) is 128 Å². The Bertz CT molecular complexity index is 2360. The zero-order valence-electron chi connectivity index (χ0n) is 34.5. The molecule has 9 atom stereocenters. The molecule has 5 heterocycles.